The molecule has 0 spiro atoms. The van der Waals surface area contributed by atoms with Gasteiger partial charge in [0.1, 0.15) is 17.9 Å². The highest BCUT2D eigenvalue weighted by atomic mass is 127. The van der Waals surface area contributed by atoms with E-state index in [0.29, 0.717) is 17.9 Å². The number of benzene rings is 2. The van der Waals surface area contributed by atoms with Gasteiger partial charge in [0.05, 0.1) is 3.57 Å². The molecule has 5 nitrogen and oxygen atoms in total. The van der Waals surface area contributed by atoms with Crippen LogP contribution in [0.2, 0.25) is 0 Å². The summed E-state index contributed by atoms with van der Waals surface area (Å²) in [4.78, 5) is 24.2. The van der Waals surface area contributed by atoms with E-state index in [1.807, 2.05) is 42.5 Å². The molecule has 2 aromatic carbocycles. The third-order valence-electron chi connectivity index (χ3n) is 3.51. The summed E-state index contributed by atoms with van der Waals surface area (Å²) in [7, 11) is 0. The lowest BCUT2D eigenvalue weighted by atomic mass is 10.1. The first kappa shape index (κ1) is 19.2. The normalized spacial score (nSPS) is 13.9. The van der Waals surface area contributed by atoms with Crippen LogP contribution in [0.25, 0.3) is 6.08 Å². The Labute approximate surface area is 182 Å². The largest absolute Gasteiger partial charge is 0.487 e. The van der Waals surface area contributed by atoms with E-state index >= 15 is 0 Å². The first-order chi connectivity index (χ1) is 12.4. The van der Waals surface area contributed by atoms with E-state index < -0.39 is 11.8 Å². The van der Waals surface area contributed by atoms with E-state index in [-0.39, 0.29) is 10.7 Å². The van der Waals surface area contributed by atoms with Crippen molar-refractivity contribution < 1.29 is 14.3 Å². The van der Waals surface area contributed by atoms with Crippen molar-refractivity contribution >= 4 is 80.4 Å². The first-order valence-corrected chi connectivity index (χ1v) is 10.0. The van der Waals surface area contributed by atoms with Gasteiger partial charge < -0.3 is 4.74 Å². The lowest BCUT2D eigenvalue weighted by Gasteiger charge is -2.17. The number of amides is 2. The zero-order chi connectivity index (χ0) is 18.7. The first-order valence-electron chi connectivity index (χ1n) is 7.48. The Hall–Kier alpha value is -1.53. The highest BCUT2D eigenvalue weighted by molar-refractivity contribution is 14.1. The molecule has 0 atom stereocenters. The highest BCUT2D eigenvalue weighted by Crippen LogP contribution is 2.31. The van der Waals surface area contributed by atoms with Crippen molar-refractivity contribution in [1.29, 1.82) is 0 Å². The van der Waals surface area contributed by atoms with Crippen molar-refractivity contribution in [1.82, 2.24) is 10.6 Å². The van der Waals surface area contributed by atoms with Gasteiger partial charge in [-0.2, -0.15) is 0 Å². The number of hydrogen-bond donors (Lipinski definition) is 2. The quantitative estimate of drug-likeness (QED) is 0.248. The third-order valence-corrected chi connectivity index (χ3v) is 5.13. The molecule has 0 unspecified atom stereocenters. The maximum atomic E-state index is 12.1. The molecule has 132 valence electrons. The molecule has 2 aromatic rings. The molecule has 1 heterocycles. The number of ether oxygens (including phenoxy) is 1. The Kier molecular flexibility index (Phi) is 6.24. The maximum Gasteiger partial charge on any atom is 0.263 e. The zero-order valence-corrected chi connectivity index (χ0v) is 18.3. The molecule has 2 N–H and O–H groups in total. The summed E-state index contributed by atoms with van der Waals surface area (Å²) in [6.45, 7) is 0.385. The second-order valence-corrected chi connectivity index (χ2v) is 8.19. The molecular formula is C18H12I2N2O3S. The van der Waals surface area contributed by atoms with Crippen LogP contribution in [0, 0.1) is 7.14 Å². The Morgan fingerprint density at radius 3 is 2.35 bits per heavy atom. The summed E-state index contributed by atoms with van der Waals surface area (Å²) >= 11 is 9.19. The fourth-order valence-electron chi connectivity index (χ4n) is 2.33. The number of rotatable bonds is 4. The maximum absolute atomic E-state index is 12.1. The van der Waals surface area contributed by atoms with Crippen LogP contribution in [0.4, 0.5) is 0 Å². The predicted molar refractivity (Wildman–Crippen MR) is 120 cm³/mol. The van der Waals surface area contributed by atoms with Crippen LogP contribution in [0.1, 0.15) is 11.1 Å². The topological polar surface area (TPSA) is 67.4 Å². The molecule has 0 radical (unpaired) electrons. The summed E-state index contributed by atoms with van der Waals surface area (Å²) in [5.74, 6) is -0.431. The van der Waals surface area contributed by atoms with Crippen molar-refractivity contribution in [3.8, 4) is 5.75 Å². The van der Waals surface area contributed by atoms with Crippen molar-refractivity contribution in [3.63, 3.8) is 0 Å². The van der Waals surface area contributed by atoms with Crippen molar-refractivity contribution in [2.24, 2.45) is 0 Å². The van der Waals surface area contributed by atoms with Crippen LogP contribution in [-0.4, -0.2) is 16.9 Å². The summed E-state index contributed by atoms with van der Waals surface area (Å²) in [6.07, 6.45) is 1.52. The molecule has 2 amide bonds. The van der Waals surface area contributed by atoms with E-state index in [0.717, 1.165) is 12.7 Å². The number of carbonyl (C=O) groups is 2. The molecule has 1 fully saturated rings. The van der Waals surface area contributed by atoms with Crippen LogP contribution < -0.4 is 15.4 Å². The molecule has 8 heteroatoms. The van der Waals surface area contributed by atoms with Crippen LogP contribution in [0.3, 0.4) is 0 Å². The zero-order valence-electron chi connectivity index (χ0n) is 13.2. The SMILES string of the molecule is O=C1NC(=S)NC(=O)C1=Cc1cc(I)cc(I)c1OCc1ccccc1. The van der Waals surface area contributed by atoms with Gasteiger partial charge in [-0.3, -0.25) is 20.2 Å². The van der Waals surface area contributed by atoms with Crippen molar-refractivity contribution in [3.05, 3.63) is 66.3 Å². The Bertz CT molecular complexity index is 908. The van der Waals surface area contributed by atoms with Gasteiger partial charge in [-0.05, 0) is 81.2 Å². The molecular weight excluding hydrogens is 578 g/mol. The van der Waals surface area contributed by atoms with E-state index in [1.54, 1.807) is 0 Å². The fourth-order valence-corrected chi connectivity index (χ4v) is 4.56. The Morgan fingerprint density at radius 2 is 1.69 bits per heavy atom. The molecule has 3 rings (SSSR count). The van der Waals surface area contributed by atoms with Crippen LogP contribution in [0.5, 0.6) is 5.75 Å². The smallest absolute Gasteiger partial charge is 0.263 e. The van der Waals surface area contributed by atoms with Gasteiger partial charge in [-0.1, -0.05) is 30.3 Å². The van der Waals surface area contributed by atoms with Crippen LogP contribution >= 0.6 is 57.4 Å². The van der Waals surface area contributed by atoms with E-state index in [1.165, 1.54) is 6.08 Å². The van der Waals surface area contributed by atoms with E-state index in [9.17, 15) is 9.59 Å². The molecule has 0 aromatic heterocycles. The highest BCUT2D eigenvalue weighted by Gasteiger charge is 2.26. The average molecular weight is 590 g/mol. The van der Waals surface area contributed by atoms with E-state index in [2.05, 4.69) is 55.8 Å². The number of hydrogen-bond acceptors (Lipinski definition) is 4. The van der Waals surface area contributed by atoms with Crippen LogP contribution in [-0.2, 0) is 16.2 Å². The summed E-state index contributed by atoms with van der Waals surface area (Å²) in [6, 6.07) is 13.6. The second kappa shape index (κ2) is 8.44. The minimum Gasteiger partial charge on any atom is -0.487 e. The average Bonchev–Trinajstić information content (AvgIpc) is 2.58. The van der Waals surface area contributed by atoms with Gasteiger partial charge in [0, 0.05) is 9.13 Å². The number of thiocarbonyl (C=S) groups is 1. The second-order valence-electron chi connectivity index (χ2n) is 5.38. The third kappa shape index (κ3) is 4.60. The van der Waals surface area contributed by atoms with Crippen molar-refractivity contribution in [2.45, 2.75) is 6.61 Å². The molecule has 0 saturated carbocycles. The molecule has 1 saturated heterocycles. The predicted octanol–water partition coefficient (Wildman–Crippen LogP) is 3.39. The van der Waals surface area contributed by atoms with Gasteiger partial charge in [0.25, 0.3) is 11.8 Å². The molecule has 0 bridgehead atoms. The summed E-state index contributed by atoms with van der Waals surface area (Å²) in [5.41, 5.74) is 1.67. The van der Waals surface area contributed by atoms with Crippen molar-refractivity contribution in [2.75, 3.05) is 0 Å². The molecule has 1 aliphatic rings. The van der Waals surface area contributed by atoms with E-state index in [4.69, 9.17) is 17.0 Å². The Balaban J connectivity index is 1.96. The lowest BCUT2D eigenvalue weighted by Crippen LogP contribution is -2.51. The lowest BCUT2D eigenvalue weighted by molar-refractivity contribution is -0.123. The van der Waals surface area contributed by atoms with Gasteiger partial charge in [0.15, 0.2) is 5.11 Å². The van der Waals surface area contributed by atoms with Gasteiger partial charge >= 0.3 is 0 Å². The summed E-state index contributed by atoms with van der Waals surface area (Å²) < 4.78 is 7.86. The molecule has 26 heavy (non-hydrogen) atoms. The summed E-state index contributed by atoms with van der Waals surface area (Å²) in [5, 5.41) is 4.88. The molecule has 1 aliphatic heterocycles. The number of nitrogens with one attached hydrogen (secondary N) is 2. The van der Waals surface area contributed by atoms with Crippen LogP contribution in [0.15, 0.2) is 48.0 Å². The number of carbonyl (C=O) groups excluding carboxylic acids is 2. The minimum absolute atomic E-state index is 0.00919. The monoisotopic (exact) mass is 590 g/mol. The van der Waals surface area contributed by atoms with Gasteiger partial charge in [-0.15, -0.1) is 0 Å². The van der Waals surface area contributed by atoms with Gasteiger partial charge in [0.2, 0.25) is 0 Å². The standard InChI is InChI=1S/C18H12I2N2O3S/c19-12-6-11(7-13-16(23)21-18(26)22-17(13)24)15(14(20)8-12)25-9-10-4-2-1-3-5-10/h1-8H,9H2,(H2,21,22,23,24,26). The Morgan fingerprint density at radius 1 is 1.04 bits per heavy atom. The molecule has 0 aliphatic carbocycles. The fraction of sp³-hybridized carbons (Fsp3) is 0.0556. The van der Waals surface area contributed by atoms with Gasteiger partial charge in [-0.25, -0.2) is 0 Å². The number of halogens is 2. The minimum atomic E-state index is -0.526.